The van der Waals surface area contributed by atoms with E-state index in [4.69, 9.17) is 18.0 Å². The maximum Gasteiger partial charge on any atom is 0.416 e. The van der Waals surface area contributed by atoms with Crippen molar-refractivity contribution >= 4 is 22.9 Å². The average molecular weight is 302 g/mol. The lowest BCUT2D eigenvalue weighted by molar-refractivity contribution is -0.137. The summed E-state index contributed by atoms with van der Waals surface area (Å²) in [5.74, 6) is 0. The average Bonchev–Trinajstić information content (AvgIpc) is 2.32. The normalized spacial score (nSPS) is 17.4. The van der Waals surface area contributed by atoms with Crippen LogP contribution in [0.3, 0.4) is 0 Å². The number of nitrogens with one attached hydrogen (secondary N) is 1. The van der Waals surface area contributed by atoms with Gasteiger partial charge in [-0.15, -0.1) is 0 Å². The second-order valence-corrected chi connectivity index (χ2v) is 6.08. The second kappa shape index (κ2) is 5.24. The maximum atomic E-state index is 12.7. The second-order valence-electron chi connectivity index (χ2n) is 5.64. The zero-order valence-corrected chi connectivity index (χ0v) is 12.0. The van der Waals surface area contributed by atoms with Gasteiger partial charge in [0.2, 0.25) is 0 Å². The van der Waals surface area contributed by atoms with Crippen LogP contribution in [0.5, 0.6) is 0 Å². The molecule has 0 aromatic heterocycles. The number of nitrogens with two attached hydrogens (primary N) is 1. The molecule has 1 fully saturated rings. The highest BCUT2D eigenvalue weighted by Gasteiger charge is 2.33. The molecule has 1 saturated carbocycles. The molecule has 0 bridgehead atoms. The Bertz CT molecular complexity index is 522. The quantitative estimate of drug-likeness (QED) is 0.827. The Labute approximate surface area is 121 Å². The van der Waals surface area contributed by atoms with E-state index in [2.05, 4.69) is 12.2 Å². The highest BCUT2D eigenvalue weighted by atomic mass is 32.1. The summed E-state index contributed by atoms with van der Waals surface area (Å²) in [7, 11) is 0. The largest absolute Gasteiger partial charge is 0.416 e. The number of halogens is 3. The van der Waals surface area contributed by atoms with Crippen LogP contribution in [0.4, 0.5) is 18.9 Å². The van der Waals surface area contributed by atoms with Crippen LogP contribution >= 0.6 is 12.2 Å². The van der Waals surface area contributed by atoms with E-state index < -0.39 is 11.7 Å². The molecule has 0 atom stereocenters. The number of anilines is 1. The molecule has 20 heavy (non-hydrogen) atoms. The van der Waals surface area contributed by atoms with Crippen LogP contribution < -0.4 is 11.1 Å². The van der Waals surface area contributed by atoms with Crippen molar-refractivity contribution in [2.75, 3.05) is 11.9 Å². The van der Waals surface area contributed by atoms with Gasteiger partial charge >= 0.3 is 6.18 Å². The summed E-state index contributed by atoms with van der Waals surface area (Å²) in [5, 5.41) is 3.18. The zero-order valence-electron chi connectivity index (χ0n) is 11.2. The van der Waals surface area contributed by atoms with Gasteiger partial charge in [-0.05, 0) is 36.5 Å². The molecule has 0 spiro atoms. The summed E-state index contributed by atoms with van der Waals surface area (Å²) in [6.45, 7) is 2.88. The van der Waals surface area contributed by atoms with Crippen molar-refractivity contribution in [3.8, 4) is 0 Å². The summed E-state index contributed by atoms with van der Waals surface area (Å²) in [6, 6.07) is 3.46. The molecular weight excluding hydrogens is 285 g/mol. The molecule has 0 radical (unpaired) electrons. The van der Waals surface area contributed by atoms with Crippen molar-refractivity contribution < 1.29 is 13.2 Å². The minimum atomic E-state index is -4.39. The molecular formula is C14H17F3N2S. The first-order valence-corrected chi connectivity index (χ1v) is 6.87. The van der Waals surface area contributed by atoms with Crippen molar-refractivity contribution in [1.82, 2.24) is 0 Å². The molecule has 2 rings (SSSR count). The van der Waals surface area contributed by atoms with E-state index in [1.807, 2.05) is 0 Å². The Morgan fingerprint density at radius 3 is 2.50 bits per heavy atom. The first-order chi connectivity index (χ1) is 9.21. The molecule has 0 unspecified atom stereocenters. The summed E-state index contributed by atoms with van der Waals surface area (Å²) < 4.78 is 38.1. The highest BCUT2D eigenvalue weighted by molar-refractivity contribution is 7.80. The number of hydrogen-bond donors (Lipinski definition) is 2. The third-order valence-corrected chi connectivity index (χ3v) is 4.10. The van der Waals surface area contributed by atoms with Gasteiger partial charge in [0.1, 0.15) is 4.99 Å². The number of thiocarbonyl (C=S) groups is 1. The number of hydrogen-bond acceptors (Lipinski definition) is 2. The number of benzene rings is 1. The van der Waals surface area contributed by atoms with Gasteiger partial charge < -0.3 is 11.1 Å². The lowest BCUT2D eigenvalue weighted by Crippen LogP contribution is -2.33. The van der Waals surface area contributed by atoms with E-state index in [9.17, 15) is 13.2 Å². The van der Waals surface area contributed by atoms with Gasteiger partial charge in [0.25, 0.3) is 0 Å². The molecule has 1 aromatic carbocycles. The van der Waals surface area contributed by atoms with Gasteiger partial charge in [-0.2, -0.15) is 13.2 Å². The molecule has 0 saturated heterocycles. The standard InChI is InChI=1S/C14H17F3N2S/c1-13(5-2-6-13)8-19-11-4-3-9(14(15,16)17)7-10(11)12(18)20/h3-4,7,19H,2,5-6,8H2,1H3,(H2,18,20). The Hall–Kier alpha value is -1.30. The Morgan fingerprint density at radius 1 is 1.40 bits per heavy atom. The minimum Gasteiger partial charge on any atom is -0.389 e. The molecule has 0 amide bonds. The zero-order chi connectivity index (χ0) is 15.0. The molecule has 110 valence electrons. The van der Waals surface area contributed by atoms with Crippen LogP contribution in [0, 0.1) is 5.41 Å². The van der Waals surface area contributed by atoms with Gasteiger partial charge in [0.05, 0.1) is 5.56 Å². The van der Waals surface area contributed by atoms with Crippen LogP contribution in [0.1, 0.15) is 37.3 Å². The number of rotatable bonds is 4. The SMILES string of the molecule is CC1(CNc2ccc(C(F)(F)F)cc2C(N)=S)CCC1. The van der Waals surface area contributed by atoms with E-state index in [0.717, 1.165) is 25.0 Å². The minimum absolute atomic E-state index is 0.0302. The van der Waals surface area contributed by atoms with Crippen LogP contribution in [0.2, 0.25) is 0 Å². The third-order valence-electron chi connectivity index (χ3n) is 3.88. The molecule has 1 aliphatic carbocycles. The van der Waals surface area contributed by atoms with Crippen molar-refractivity contribution in [1.29, 1.82) is 0 Å². The summed E-state index contributed by atoms with van der Waals surface area (Å²) in [6.07, 6.45) is -0.933. The van der Waals surface area contributed by atoms with E-state index in [1.165, 1.54) is 12.5 Å². The van der Waals surface area contributed by atoms with E-state index >= 15 is 0 Å². The molecule has 0 aliphatic heterocycles. The van der Waals surface area contributed by atoms with Gasteiger partial charge in [0, 0.05) is 17.8 Å². The van der Waals surface area contributed by atoms with Crippen LogP contribution in [-0.2, 0) is 6.18 Å². The molecule has 2 nitrogen and oxygen atoms in total. The fourth-order valence-electron chi connectivity index (χ4n) is 2.34. The topological polar surface area (TPSA) is 38.0 Å². The van der Waals surface area contributed by atoms with Crippen LogP contribution in [-0.4, -0.2) is 11.5 Å². The first-order valence-electron chi connectivity index (χ1n) is 6.46. The van der Waals surface area contributed by atoms with Crippen molar-refractivity contribution in [3.63, 3.8) is 0 Å². The monoisotopic (exact) mass is 302 g/mol. The van der Waals surface area contributed by atoms with Crippen molar-refractivity contribution in [3.05, 3.63) is 29.3 Å². The summed E-state index contributed by atoms with van der Waals surface area (Å²) in [4.78, 5) is -0.0302. The fourth-order valence-corrected chi connectivity index (χ4v) is 2.51. The Balaban J connectivity index is 2.21. The molecule has 6 heteroatoms. The highest BCUT2D eigenvalue weighted by Crippen LogP contribution is 2.40. The lowest BCUT2D eigenvalue weighted by Gasteiger charge is -2.39. The van der Waals surface area contributed by atoms with Gasteiger partial charge in [-0.3, -0.25) is 0 Å². The van der Waals surface area contributed by atoms with Crippen molar-refractivity contribution in [2.24, 2.45) is 11.1 Å². The molecule has 1 aliphatic rings. The Kier molecular flexibility index (Phi) is 3.95. The predicted octanol–water partition coefficient (Wildman–Crippen LogP) is 3.94. The van der Waals surface area contributed by atoms with Gasteiger partial charge in [0.15, 0.2) is 0 Å². The van der Waals surface area contributed by atoms with E-state index in [1.54, 1.807) is 0 Å². The fraction of sp³-hybridized carbons (Fsp3) is 0.500. The molecule has 3 N–H and O–H groups in total. The predicted molar refractivity (Wildman–Crippen MR) is 77.8 cm³/mol. The lowest BCUT2D eigenvalue weighted by atomic mass is 9.70. The van der Waals surface area contributed by atoms with Crippen molar-refractivity contribution in [2.45, 2.75) is 32.4 Å². The van der Waals surface area contributed by atoms with Gasteiger partial charge in [-0.1, -0.05) is 25.6 Å². The smallest absolute Gasteiger partial charge is 0.389 e. The van der Waals surface area contributed by atoms with Crippen LogP contribution in [0.25, 0.3) is 0 Å². The van der Waals surface area contributed by atoms with Gasteiger partial charge in [-0.25, -0.2) is 0 Å². The first kappa shape index (κ1) is 15.1. The Morgan fingerprint density at radius 2 is 2.05 bits per heavy atom. The summed E-state index contributed by atoms with van der Waals surface area (Å²) in [5.41, 5.74) is 5.84. The van der Waals surface area contributed by atoms with E-state index in [0.29, 0.717) is 12.2 Å². The summed E-state index contributed by atoms with van der Waals surface area (Å²) >= 11 is 4.85. The third kappa shape index (κ3) is 3.23. The molecule has 1 aromatic rings. The number of alkyl halides is 3. The maximum absolute atomic E-state index is 12.7. The molecule has 0 heterocycles. The van der Waals surface area contributed by atoms with Crippen LogP contribution in [0.15, 0.2) is 18.2 Å². The van der Waals surface area contributed by atoms with E-state index in [-0.39, 0.29) is 16.0 Å².